The predicted molar refractivity (Wildman–Crippen MR) is 50.5 cm³/mol. The summed E-state index contributed by atoms with van der Waals surface area (Å²) in [5.74, 6) is 0. The zero-order chi connectivity index (χ0) is 9.12. The van der Waals surface area contributed by atoms with Gasteiger partial charge in [-0.05, 0) is 18.9 Å². The molecule has 2 nitrogen and oxygen atoms in total. The summed E-state index contributed by atoms with van der Waals surface area (Å²) in [7, 11) is -0.526. The molecule has 0 aliphatic carbocycles. The summed E-state index contributed by atoms with van der Waals surface area (Å²) in [6, 6.07) is 0. The van der Waals surface area contributed by atoms with Crippen LogP contribution >= 0.6 is 0 Å². The van der Waals surface area contributed by atoms with E-state index in [1.807, 2.05) is 13.8 Å². The van der Waals surface area contributed by atoms with E-state index in [1.165, 1.54) is 0 Å². The first kappa shape index (κ1) is 11.1. The van der Waals surface area contributed by atoms with Crippen LogP contribution in [-0.2, 0) is 4.43 Å². The van der Waals surface area contributed by atoms with Gasteiger partial charge in [0, 0.05) is 0 Å². The third-order valence-corrected chi connectivity index (χ3v) is 3.07. The Morgan fingerprint density at radius 3 is 1.91 bits per heavy atom. The van der Waals surface area contributed by atoms with Crippen LogP contribution in [0.2, 0.25) is 5.04 Å². The van der Waals surface area contributed by atoms with E-state index in [9.17, 15) is 0 Å². The Bertz CT molecular complexity index is 116. The number of hydrogen-bond acceptors (Lipinski definition) is 2. The van der Waals surface area contributed by atoms with E-state index in [2.05, 4.69) is 20.8 Å². The molecule has 0 spiro atoms. The summed E-state index contributed by atoms with van der Waals surface area (Å²) in [6.45, 7) is 10.5. The quantitative estimate of drug-likeness (QED) is 0.652. The molecule has 0 radical (unpaired) electrons. The summed E-state index contributed by atoms with van der Waals surface area (Å²) >= 11 is 0. The minimum Gasteiger partial charge on any atom is -0.416 e. The molecule has 0 aliphatic rings. The molecule has 0 bridgehead atoms. The van der Waals surface area contributed by atoms with Crippen LogP contribution in [0, 0.1) is 0 Å². The molecule has 0 saturated carbocycles. The molecule has 0 amide bonds. The minimum absolute atomic E-state index is 0.107. The van der Waals surface area contributed by atoms with Crippen LogP contribution < -0.4 is 0 Å². The first-order valence-corrected chi connectivity index (χ1v) is 5.30. The van der Waals surface area contributed by atoms with Gasteiger partial charge in [-0.2, -0.15) is 0 Å². The molecule has 0 atom stereocenters. The predicted octanol–water partition coefficient (Wildman–Crippen LogP) is 1.08. The smallest absolute Gasteiger partial charge is 0.167 e. The second-order valence-electron chi connectivity index (χ2n) is 4.77. The van der Waals surface area contributed by atoms with Gasteiger partial charge in [-0.15, -0.1) is 0 Å². The molecule has 0 unspecified atom stereocenters. The van der Waals surface area contributed by atoms with Crippen molar-refractivity contribution in [1.82, 2.24) is 0 Å². The molecule has 3 heteroatoms. The molecule has 68 valence electrons. The average Bonchev–Trinajstić information content (AvgIpc) is 1.83. The third-order valence-electron chi connectivity index (χ3n) is 1.28. The van der Waals surface area contributed by atoms with Crippen LogP contribution in [0.4, 0.5) is 0 Å². The fraction of sp³-hybridized carbons (Fsp3) is 1.00. The van der Waals surface area contributed by atoms with Crippen LogP contribution in [0.25, 0.3) is 0 Å². The van der Waals surface area contributed by atoms with E-state index in [-0.39, 0.29) is 12.2 Å². The van der Waals surface area contributed by atoms with Crippen molar-refractivity contribution in [2.24, 2.45) is 0 Å². The zero-order valence-corrected chi connectivity index (χ0v) is 9.68. The maximum atomic E-state index is 8.89. The van der Waals surface area contributed by atoms with Gasteiger partial charge in [0.1, 0.15) is 0 Å². The molecule has 1 N–H and O–H groups in total. The first-order valence-electron chi connectivity index (χ1n) is 4.02. The molecule has 11 heavy (non-hydrogen) atoms. The van der Waals surface area contributed by atoms with Gasteiger partial charge in [0.05, 0.1) is 12.2 Å². The first-order chi connectivity index (χ1) is 4.77. The Hall–Kier alpha value is 0.137. The van der Waals surface area contributed by atoms with Crippen LogP contribution in [0.15, 0.2) is 0 Å². The molecular formula is C8H20O2Si. The Morgan fingerprint density at radius 1 is 1.18 bits per heavy atom. The van der Waals surface area contributed by atoms with Crippen LogP contribution in [0.1, 0.15) is 34.6 Å². The summed E-state index contributed by atoms with van der Waals surface area (Å²) in [5.41, 5.74) is -0.334. The van der Waals surface area contributed by atoms with E-state index >= 15 is 0 Å². The Balaban J connectivity index is 3.70. The number of aliphatic hydroxyl groups excluding tert-OH is 1. The molecule has 0 aromatic rings. The highest BCUT2D eigenvalue weighted by molar-refractivity contribution is 6.31. The van der Waals surface area contributed by atoms with E-state index in [0.717, 1.165) is 0 Å². The summed E-state index contributed by atoms with van der Waals surface area (Å²) < 4.78 is 5.63. The summed E-state index contributed by atoms with van der Waals surface area (Å²) in [6.07, 6.45) is 0. The molecule has 0 rings (SSSR count). The van der Waals surface area contributed by atoms with Crippen LogP contribution in [-0.4, -0.2) is 27.1 Å². The largest absolute Gasteiger partial charge is 0.416 e. The van der Waals surface area contributed by atoms with Crippen LogP contribution in [0.5, 0.6) is 0 Å². The van der Waals surface area contributed by atoms with E-state index in [1.54, 1.807) is 0 Å². The van der Waals surface area contributed by atoms with Gasteiger partial charge < -0.3 is 9.53 Å². The second kappa shape index (κ2) is 3.69. The Kier molecular flexibility index (Phi) is 3.74. The standard InChI is InChI=1S/C8H20O2Si/c1-7(2,3)11-10-8(4,5)6-9/h9H,6,11H2,1-5H3. The molecule has 0 aliphatic heterocycles. The van der Waals surface area contributed by atoms with Gasteiger partial charge >= 0.3 is 0 Å². The van der Waals surface area contributed by atoms with Crippen molar-refractivity contribution in [2.45, 2.75) is 45.3 Å². The van der Waals surface area contributed by atoms with E-state index in [0.29, 0.717) is 5.04 Å². The highest BCUT2D eigenvalue weighted by Gasteiger charge is 2.21. The second-order valence-corrected chi connectivity index (χ2v) is 7.47. The maximum absolute atomic E-state index is 8.89. The number of hydrogen-bond donors (Lipinski definition) is 1. The van der Waals surface area contributed by atoms with E-state index < -0.39 is 9.76 Å². The lowest BCUT2D eigenvalue weighted by molar-refractivity contribution is 0.0410. The minimum atomic E-state index is -0.526. The zero-order valence-electron chi connectivity index (χ0n) is 8.27. The summed E-state index contributed by atoms with van der Waals surface area (Å²) in [5, 5.41) is 9.20. The monoisotopic (exact) mass is 176 g/mol. The highest BCUT2D eigenvalue weighted by atomic mass is 28.2. The fourth-order valence-corrected chi connectivity index (χ4v) is 1.37. The van der Waals surface area contributed by atoms with Gasteiger partial charge in [-0.25, -0.2) is 0 Å². The van der Waals surface area contributed by atoms with Crippen molar-refractivity contribution < 1.29 is 9.53 Å². The fourth-order valence-electron chi connectivity index (χ4n) is 0.458. The van der Waals surface area contributed by atoms with Gasteiger partial charge in [0.15, 0.2) is 9.76 Å². The normalized spacial score (nSPS) is 14.7. The van der Waals surface area contributed by atoms with Crippen molar-refractivity contribution >= 4 is 9.76 Å². The van der Waals surface area contributed by atoms with Gasteiger partial charge in [-0.3, -0.25) is 0 Å². The van der Waals surface area contributed by atoms with Gasteiger partial charge in [-0.1, -0.05) is 20.8 Å². The summed E-state index contributed by atoms with van der Waals surface area (Å²) in [4.78, 5) is 0. The highest BCUT2D eigenvalue weighted by Crippen LogP contribution is 2.22. The third kappa shape index (κ3) is 6.53. The SMILES string of the molecule is CC(C)(CO)O[SiH2]C(C)(C)C. The Morgan fingerprint density at radius 2 is 1.64 bits per heavy atom. The number of aliphatic hydroxyl groups is 1. The molecule has 0 aromatic carbocycles. The van der Waals surface area contributed by atoms with Crippen molar-refractivity contribution in [3.63, 3.8) is 0 Å². The lowest BCUT2D eigenvalue weighted by Crippen LogP contribution is -2.33. The van der Waals surface area contributed by atoms with Crippen molar-refractivity contribution in [3.05, 3.63) is 0 Å². The molecule has 0 heterocycles. The molecule has 0 fully saturated rings. The molecule has 0 aromatic heterocycles. The van der Waals surface area contributed by atoms with Crippen molar-refractivity contribution in [2.75, 3.05) is 6.61 Å². The Labute approximate surface area is 71.9 Å². The van der Waals surface area contributed by atoms with Gasteiger partial charge in [0.25, 0.3) is 0 Å². The number of rotatable bonds is 3. The lowest BCUT2D eigenvalue weighted by Gasteiger charge is -2.27. The van der Waals surface area contributed by atoms with E-state index in [4.69, 9.17) is 9.53 Å². The average molecular weight is 176 g/mol. The van der Waals surface area contributed by atoms with Gasteiger partial charge in [0.2, 0.25) is 0 Å². The lowest BCUT2D eigenvalue weighted by atomic mass is 10.2. The van der Waals surface area contributed by atoms with Crippen molar-refractivity contribution in [1.29, 1.82) is 0 Å². The molecule has 0 saturated heterocycles. The topological polar surface area (TPSA) is 29.5 Å². The van der Waals surface area contributed by atoms with Crippen LogP contribution in [0.3, 0.4) is 0 Å². The molecular weight excluding hydrogens is 156 g/mol. The maximum Gasteiger partial charge on any atom is 0.167 e. The van der Waals surface area contributed by atoms with Crippen molar-refractivity contribution in [3.8, 4) is 0 Å².